The summed E-state index contributed by atoms with van der Waals surface area (Å²) in [6.45, 7) is 12.4. The average molecular weight is 1840 g/mol. The van der Waals surface area contributed by atoms with E-state index in [2.05, 4.69) is 22.4 Å². The Bertz CT molecular complexity index is 8250. The summed E-state index contributed by atoms with van der Waals surface area (Å²) in [5, 5.41) is 22.1. The fourth-order valence-corrected chi connectivity index (χ4v) is 17.2. The maximum atomic E-state index is 13.9. The highest BCUT2D eigenvalue weighted by atomic mass is 35.5. The van der Waals surface area contributed by atoms with Crippen molar-refractivity contribution in [1.29, 1.82) is 10.5 Å². The molecule has 136 heavy (non-hydrogen) atoms. The number of para-hydroxylation sites is 6. The first-order valence-corrected chi connectivity index (χ1v) is 44.7. The van der Waals surface area contributed by atoms with Crippen LogP contribution in [-0.4, -0.2) is 90.6 Å². The number of rotatable bonds is 24. The smallest absolute Gasteiger partial charge is 0.267 e. The lowest BCUT2D eigenvalue weighted by Gasteiger charge is -2.19. The van der Waals surface area contributed by atoms with E-state index in [0.717, 1.165) is 44.6 Å². The lowest BCUT2D eigenvalue weighted by molar-refractivity contribution is -0.116. The monoisotopic (exact) mass is 1840 g/mol. The zero-order valence-electron chi connectivity index (χ0n) is 75.3. The second-order valence-corrected chi connectivity index (χ2v) is 33.9. The van der Waals surface area contributed by atoms with Crippen LogP contribution in [0.15, 0.2) is 310 Å². The lowest BCUT2D eigenvalue weighted by atomic mass is 10.0. The third-order valence-corrected chi connectivity index (χ3v) is 24.4. The molecule has 0 aliphatic rings. The minimum Gasteiger partial charge on any atom is -0.326 e. The van der Waals surface area contributed by atoms with Crippen molar-refractivity contribution in [3.8, 4) is 45.8 Å². The van der Waals surface area contributed by atoms with Gasteiger partial charge >= 0.3 is 0 Å². The number of nitriles is 2. The molecule has 1 amide bonds. The molecule has 8 aromatic heterocycles. The summed E-state index contributed by atoms with van der Waals surface area (Å²) in [4.78, 5) is 149. The van der Waals surface area contributed by atoms with Crippen molar-refractivity contribution in [3.05, 3.63) is 415 Å². The van der Waals surface area contributed by atoms with E-state index in [-0.39, 0.29) is 96.0 Å². The molecular formula is C109H89Cl2N15O10. The zero-order chi connectivity index (χ0) is 95.7. The van der Waals surface area contributed by atoms with Crippen LogP contribution in [0.4, 0.5) is 5.69 Å². The molecule has 0 bridgehead atoms. The molecule has 25 nitrogen and oxygen atoms in total. The number of hydrogen-bond acceptors (Lipinski definition) is 16. The molecule has 0 fully saturated rings. The fraction of sp³-hybridized carbons (Fsp3) is 0.156. The van der Waals surface area contributed by atoms with Gasteiger partial charge in [-0.3, -0.25) is 47.9 Å². The highest BCUT2D eigenvalue weighted by molar-refractivity contribution is 6.31. The number of amides is 1. The first kappa shape index (κ1) is 92.5. The molecule has 11 aromatic carbocycles. The van der Waals surface area contributed by atoms with Gasteiger partial charge < -0.3 is 23.6 Å². The number of aryl methyl sites for hydroxylation is 2. The summed E-state index contributed by atoms with van der Waals surface area (Å²) >= 11 is 12.0. The Kier molecular flexibility index (Phi) is 27.6. The van der Waals surface area contributed by atoms with Gasteiger partial charge in [-0.05, 0) is 174 Å². The lowest BCUT2D eigenvalue weighted by Crippen LogP contribution is -2.27. The van der Waals surface area contributed by atoms with Crippen LogP contribution >= 0.6 is 23.2 Å². The molecule has 27 heteroatoms. The largest absolute Gasteiger partial charge is 0.326 e. The highest BCUT2D eigenvalue weighted by Crippen LogP contribution is 2.33. The number of carbonyl (C=O) groups excluding carboxylic acids is 6. The third-order valence-electron chi connectivity index (χ3n) is 23.9. The maximum Gasteiger partial charge on any atom is 0.267 e. The van der Waals surface area contributed by atoms with E-state index in [0.29, 0.717) is 153 Å². The van der Waals surface area contributed by atoms with Gasteiger partial charge in [0.2, 0.25) is 29.0 Å². The van der Waals surface area contributed by atoms with Gasteiger partial charge in [-0.25, -0.2) is 37.5 Å². The number of ketones is 5. The standard InChI is InChI=1S/C33H30N4O4.C27H19ClN4O2.C27H22ClN3O2.C22H18N4O2/c1-20(38)18-24-10-12-27(13-11-24)31(40)22(3)36-19-29(25-8-6-5-7-9-25)32(41)37-21(2)30(35-33(36)37)26-14-16-28(17-15-26)34-23(4)39;28-20-14-12-18(13-15-20)24(33)17-31-25(19-7-2-1-3-8-19)21(9-6-16-29)26(34)32-23-11-5-4-10-22(23)30-27(31)32;1-17-7-9-19(10-8-17)15-22-18(2)30(16-25(32)20-11-13-21(28)14-12-20)27-29-23-5-3-4-6-24(23)31(27)26(22)33;1-15-17(10-7-13-23)21(28)26-19-12-6-5-11-18(19)24-22(26)25(15)14-20(27)16-8-3-2-4-9-16/h5-17,19,22H,18H2,1-4H3,(H,34,39);1-5,7-8,10-15H,6,9,17H2;3-14H,15-16H2,1-2H3;2-6,8-9,11-12H,7,10,14H2,1H3. The average Bonchev–Trinajstić information content (AvgIpc) is 1.59. The van der Waals surface area contributed by atoms with Crippen molar-refractivity contribution in [3.63, 3.8) is 0 Å². The second-order valence-electron chi connectivity index (χ2n) is 33.0. The predicted molar refractivity (Wildman–Crippen MR) is 529 cm³/mol. The van der Waals surface area contributed by atoms with Crippen LogP contribution < -0.4 is 27.6 Å². The summed E-state index contributed by atoms with van der Waals surface area (Å²) in [5.41, 5.74) is 16.9. The van der Waals surface area contributed by atoms with Crippen LogP contribution in [0.25, 0.3) is 89.9 Å². The van der Waals surface area contributed by atoms with Gasteiger partial charge in [-0.2, -0.15) is 10.5 Å². The molecule has 0 spiro atoms. The summed E-state index contributed by atoms with van der Waals surface area (Å²) in [6, 6.07) is 89.7. The van der Waals surface area contributed by atoms with Gasteiger partial charge in [0.15, 0.2) is 23.1 Å². The Morgan fingerprint density at radius 3 is 1.29 bits per heavy atom. The normalized spacial score (nSPS) is 11.3. The topological polar surface area (TPSA) is 319 Å². The Morgan fingerprint density at radius 2 is 0.809 bits per heavy atom. The molecule has 1 unspecified atom stereocenters. The van der Waals surface area contributed by atoms with Crippen molar-refractivity contribution in [1.82, 2.24) is 55.8 Å². The van der Waals surface area contributed by atoms with Crippen molar-refractivity contribution >= 4 is 120 Å². The van der Waals surface area contributed by atoms with Crippen LogP contribution in [0.5, 0.6) is 0 Å². The van der Waals surface area contributed by atoms with Crippen LogP contribution in [0.1, 0.15) is 132 Å². The second kappa shape index (κ2) is 40.5. The Morgan fingerprint density at radius 1 is 0.397 bits per heavy atom. The molecular weight excluding hydrogens is 1750 g/mol. The molecule has 19 aromatic rings. The number of carbonyl (C=O) groups is 6. The molecule has 674 valence electrons. The predicted octanol–water partition coefficient (Wildman–Crippen LogP) is 19.7. The summed E-state index contributed by atoms with van der Waals surface area (Å²) in [6.07, 6.45) is 3.50. The first-order chi connectivity index (χ1) is 65.7. The van der Waals surface area contributed by atoms with E-state index in [1.54, 1.807) is 141 Å². The summed E-state index contributed by atoms with van der Waals surface area (Å²) in [5.74, 6) is 1.10. The van der Waals surface area contributed by atoms with Crippen molar-refractivity contribution in [2.75, 3.05) is 5.32 Å². The number of benzene rings is 11. The van der Waals surface area contributed by atoms with Gasteiger partial charge in [0.25, 0.3) is 22.2 Å². The van der Waals surface area contributed by atoms with Gasteiger partial charge in [-0.1, -0.05) is 217 Å². The molecule has 0 saturated carbocycles. The highest BCUT2D eigenvalue weighted by Gasteiger charge is 2.29. The molecule has 1 atom stereocenters. The van der Waals surface area contributed by atoms with Gasteiger partial charge in [0.1, 0.15) is 5.78 Å². The van der Waals surface area contributed by atoms with Gasteiger partial charge in [-0.15, -0.1) is 0 Å². The van der Waals surface area contributed by atoms with E-state index < -0.39 is 6.04 Å². The third kappa shape index (κ3) is 19.3. The van der Waals surface area contributed by atoms with E-state index in [1.807, 2.05) is 220 Å². The molecule has 0 radical (unpaired) electrons. The number of hydrogen-bond donors (Lipinski definition) is 1. The van der Waals surface area contributed by atoms with Gasteiger partial charge in [0.05, 0.1) is 93.6 Å². The molecule has 0 aliphatic carbocycles. The maximum absolute atomic E-state index is 13.9. The van der Waals surface area contributed by atoms with E-state index in [4.69, 9.17) is 43.4 Å². The van der Waals surface area contributed by atoms with E-state index in [1.165, 1.54) is 13.8 Å². The number of nitrogens with one attached hydrogen (secondary N) is 1. The van der Waals surface area contributed by atoms with Crippen LogP contribution in [0.2, 0.25) is 10.0 Å². The van der Waals surface area contributed by atoms with Crippen LogP contribution in [0, 0.1) is 50.4 Å². The van der Waals surface area contributed by atoms with E-state index in [9.17, 15) is 53.2 Å². The van der Waals surface area contributed by atoms with Crippen molar-refractivity contribution in [2.45, 2.75) is 113 Å². The molecule has 1 N–H and O–H groups in total. The van der Waals surface area contributed by atoms with Gasteiger partial charge in [0, 0.05) is 110 Å². The fourth-order valence-electron chi connectivity index (χ4n) is 16.9. The SMILES string of the molecule is CC(=O)Cc1ccc(C(=O)C(C)n2cc(-c3ccccc3)c(=O)n3c(C)c(-c4ccc(NC(C)=O)cc4)nc23)cc1.Cc1c(CCC#N)c(=O)n2c3ccccc3nc2n1CC(=O)c1ccccc1.Cc1ccc(Cc2c(C)n(CC(=O)c3ccc(Cl)cc3)c3nc4ccccc4n3c2=O)cc1.N#CCCc1c(-c2ccccc2)n(CC(=O)c2ccc(Cl)cc2)c2nc3ccccc3n2c1=O. The van der Waals surface area contributed by atoms with Crippen LogP contribution in [0.3, 0.4) is 0 Å². The Balaban J connectivity index is 0.000000133. The number of halogens is 2. The van der Waals surface area contributed by atoms with Crippen molar-refractivity contribution in [2.24, 2.45) is 0 Å². The molecule has 0 aliphatic heterocycles. The summed E-state index contributed by atoms with van der Waals surface area (Å²) in [7, 11) is 0. The zero-order valence-corrected chi connectivity index (χ0v) is 76.8. The Hall–Kier alpha value is -16.7. The number of anilines is 1. The quantitative estimate of drug-likeness (QED) is 0.0549. The molecule has 8 heterocycles. The Labute approximate surface area is 789 Å². The van der Waals surface area contributed by atoms with Crippen molar-refractivity contribution < 1.29 is 28.8 Å². The minimum atomic E-state index is -0.684. The molecule has 19 rings (SSSR count). The van der Waals surface area contributed by atoms with Crippen LogP contribution in [-0.2, 0) is 54.9 Å². The van der Waals surface area contributed by atoms with E-state index >= 15 is 0 Å². The summed E-state index contributed by atoms with van der Waals surface area (Å²) < 4.78 is 13.4. The minimum absolute atomic E-state index is 0.0293. The molecule has 0 saturated heterocycles. The number of fused-ring (bicyclic) bond motifs is 10. The number of Topliss-reactive ketones (excluding diaryl/α,β-unsaturated/α-hetero) is 5. The number of imidazole rings is 4. The first-order valence-electron chi connectivity index (χ1n) is 44.0. The number of nitrogens with zero attached hydrogens (tertiary/aromatic N) is 14. The number of aromatic nitrogens is 12.